The Morgan fingerprint density at radius 1 is 1.32 bits per heavy atom. The fourth-order valence-corrected chi connectivity index (χ4v) is 8.71. The molecule has 4 rings (SSSR count). The van der Waals surface area contributed by atoms with Crippen LogP contribution in [0.2, 0.25) is 0 Å². The molecule has 7 nitrogen and oxygen atoms in total. The van der Waals surface area contributed by atoms with Gasteiger partial charge >= 0.3 is 5.97 Å². The zero-order valence-electron chi connectivity index (χ0n) is 20.8. The van der Waals surface area contributed by atoms with Gasteiger partial charge in [-0.2, -0.15) is 0 Å². The summed E-state index contributed by atoms with van der Waals surface area (Å²) in [7, 11) is 0. The van der Waals surface area contributed by atoms with Crippen LogP contribution in [0.25, 0.3) is 0 Å². The van der Waals surface area contributed by atoms with E-state index in [1.165, 1.54) is 0 Å². The van der Waals surface area contributed by atoms with E-state index in [4.69, 9.17) is 4.74 Å². The van der Waals surface area contributed by atoms with Crippen molar-refractivity contribution in [1.82, 2.24) is 4.90 Å². The van der Waals surface area contributed by atoms with E-state index < -0.39 is 28.7 Å². The number of anilines is 1. The number of nitrogens with zero attached hydrogens (tertiary/aromatic N) is 1. The van der Waals surface area contributed by atoms with E-state index in [1.807, 2.05) is 45.9 Å². The molecule has 3 aliphatic rings. The number of amides is 2. The van der Waals surface area contributed by atoms with Gasteiger partial charge in [0.05, 0.1) is 35.8 Å². The Bertz CT molecular complexity index is 997. The second kappa shape index (κ2) is 9.19. The highest BCUT2D eigenvalue weighted by atomic mass is 32.2. The highest BCUT2D eigenvalue weighted by Gasteiger charge is 2.77. The number of thioether (sulfide) groups is 1. The summed E-state index contributed by atoms with van der Waals surface area (Å²) in [4.78, 5) is 42.7. The fraction of sp³-hybridized carbons (Fsp3) is 0.654. The average molecular weight is 489 g/mol. The topological polar surface area (TPSA) is 95.9 Å². The number of aryl methyl sites for hydroxylation is 2. The van der Waals surface area contributed by atoms with Crippen molar-refractivity contribution in [2.24, 2.45) is 23.7 Å². The maximum Gasteiger partial charge on any atom is 0.310 e. The van der Waals surface area contributed by atoms with Gasteiger partial charge in [0.2, 0.25) is 11.8 Å². The van der Waals surface area contributed by atoms with Crippen LogP contribution in [0.5, 0.6) is 0 Å². The normalized spacial score (nSPS) is 32.8. The Hall–Kier alpha value is -2.06. The van der Waals surface area contributed by atoms with Crippen molar-refractivity contribution < 1.29 is 24.2 Å². The molecule has 7 atom stereocenters. The minimum atomic E-state index is -0.783. The molecular formula is C26H36N2O5S. The van der Waals surface area contributed by atoms with Gasteiger partial charge < -0.3 is 20.1 Å². The van der Waals surface area contributed by atoms with Crippen LogP contribution in [0.4, 0.5) is 5.69 Å². The Morgan fingerprint density at radius 3 is 2.65 bits per heavy atom. The maximum atomic E-state index is 14.0. The maximum absolute atomic E-state index is 14.0. The predicted octanol–water partition coefficient (Wildman–Crippen LogP) is 3.16. The molecule has 0 aliphatic carbocycles. The number of aliphatic hydroxyl groups is 1. The van der Waals surface area contributed by atoms with Crippen molar-refractivity contribution in [2.75, 3.05) is 18.5 Å². The smallest absolute Gasteiger partial charge is 0.310 e. The average Bonchev–Trinajstić information content (AvgIpc) is 3.35. The van der Waals surface area contributed by atoms with Gasteiger partial charge in [0, 0.05) is 10.9 Å². The Morgan fingerprint density at radius 2 is 2.03 bits per heavy atom. The molecule has 3 fully saturated rings. The Balaban J connectivity index is 1.81. The molecule has 1 aromatic rings. The van der Waals surface area contributed by atoms with E-state index in [-0.39, 0.29) is 48.1 Å². The van der Waals surface area contributed by atoms with Gasteiger partial charge in [0.25, 0.3) is 0 Å². The van der Waals surface area contributed by atoms with Gasteiger partial charge in [0.15, 0.2) is 0 Å². The minimum absolute atomic E-state index is 0.0483. The number of likely N-dealkylation sites (tertiary alicyclic amines) is 1. The van der Waals surface area contributed by atoms with E-state index in [0.717, 1.165) is 23.2 Å². The number of ether oxygens (including phenoxy) is 1. The van der Waals surface area contributed by atoms with Crippen LogP contribution in [-0.4, -0.2) is 63.1 Å². The first-order valence-corrected chi connectivity index (χ1v) is 13.1. The van der Waals surface area contributed by atoms with E-state index in [2.05, 4.69) is 12.2 Å². The first-order valence-electron chi connectivity index (χ1n) is 12.2. The van der Waals surface area contributed by atoms with E-state index in [1.54, 1.807) is 23.6 Å². The molecule has 3 aliphatic heterocycles. The molecule has 2 N–H and O–H groups in total. The number of hydrogen-bond acceptors (Lipinski definition) is 6. The van der Waals surface area contributed by atoms with Gasteiger partial charge in [-0.3, -0.25) is 14.4 Å². The standard InChI is InChI=1S/C26H36N2O5S/c1-7-33-25(32)20-19-11-16(6)26(34-19)21(20)24(31)28(18(12-29)13(2)3)22(26)23(30)27-17-10-14(4)8-9-15(17)5/h8-10,13,16,18-22,29H,7,11-12H2,1-6H3,(H,27,30)/t16?,18-,19-,20+,21-,22?,26?/m0/s1. The Kier molecular flexibility index (Phi) is 6.77. The SMILES string of the molecule is CCOC(=O)[C@@H]1[C@@H]2CC(C)C3(S2)C(C(=O)Nc2cc(C)ccc2C)N([C@@H](CO)C(C)C)C(=O)[C@H]13. The predicted molar refractivity (Wildman–Crippen MR) is 132 cm³/mol. The molecule has 34 heavy (non-hydrogen) atoms. The largest absolute Gasteiger partial charge is 0.466 e. The van der Waals surface area contributed by atoms with Crippen molar-refractivity contribution in [3.63, 3.8) is 0 Å². The third kappa shape index (κ3) is 3.65. The van der Waals surface area contributed by atoms with Crippen molar-refractivity contribution in [3.8, 4) is 0 Å². The minimum Gasteiger partial charge on any atom is -0.466 e. The lowest BCUT2D eigenvalue weighted by Gasteiger charge is -2.40. The molecule has 3 unspecified atom stereocenters. The van der Waals surface area contributed by atoms with Crippen LogP contribution < -0.4 is 5.32 Å². The second-order valence-corrected chi connectivity index (χ2v) is 11.9. The summed E-state index contributed by atoms with van der Waals surface area (Å²) in [5, 5.41) is 13.3. The zero-order chi connectivity index (χ0) is 24.9. The number of benzene rings is 1. The first kappa shape index (κ1) is 25.0. The molecule has 3 saturated heterocycles. The quantitative estimate of drug-likeness (QED) is 0.573. The van der Waals surface area contributed by atoms with Crippen molar-refractivity contribution in [1.29, 1.82) is 0 Å². The highest BCUT2D eigenvalue weighted by Crippen LogP contribution is 2.69. The molecule has 186 valence electrons. The third-order valence-corrected chi connectivity index (χ3v) is 10.0. The lowest BCUT2D eigenvalue weighted by atomic mass is 9.66. The molecule has 3 heterocycles. The summed E-state index contributed by atoms with van der Waals surface area (Å²) in [6, 6.07) is 4.58. The molecule has 0 radical (unpaired) electrons. The molecule has 1 spiro atoms. The third-order valence-electron chi connectivity index (χ3n) is 7.96. The monoisotopic (exact) mass is 488 g/mol. The second-order valence-electron chi connectivity index (χ2n) is 10.4. The number of esters is 1. The number of carbonyl (C=O) groups excluding carboxylic acids is 3. The molecule has 2 bridgehead atoms. The summed E-state index contributed by atoms with van der Waals surface area (Å²) in [6.45, 7) is 11.6. The van der Waals surface area contributed by atoms with Gasteiger partial charge in [-0.05, 0) is 56.2 Å². The molecule has 8 heteroatoms. The highest BCUT2D eigenvalue weighted by molar-refractivity contribution is 8.02. The van der Waals surface area contributed by atoms with Crippen molar-refractivity contribution in [3.05, 3.63) is 29.3 Å². The summed E-state index contributed by atoms with van der Waals surface area (Å²) < 4.78 is 4.65. The lowest BCUT2D eigenvalue weighted by Crippen LogP contribution is -2.57. The number of carbonyl (C=O) groups is 3. The van der Waals surface area contributed by atoms with E-state index >= 15 is 0 Å². The van der Waals surface area contributed by atoms with Crippen molar-refractivity contribution >= 4 is 35.2 Å². The van der Waals surface area contributed by atoms with Crippen molar-refractivity contribution in [2.45, 2.75) is 70.0 Å². The first-order chi connectivity index (χ1) is 16.1. The zero-order valence-corrected chi connectivity index (χ0v) is 21.6. The van der Waals surface area contributed by atoms with E-state index in [9.17, 15) is 19.5 Å². The molecule has 0 saturated carbocycles. The van der Waals surface area contributed by atoms with Crippen LogP contribution in [0.3, 0.4) is 0 Å². The lowest BCUT2D eigenvalue weighted by molar-refractivity contribution is -0.154. The van der Waals surface area contributed by atoms with Crippen LogP contribution in [0.1, 0.15) is 45.2 Å². The molecule has 1 aromatic carbocycles. The Labute approximate surface area is 206 Å². The number of nitrogens with one attached hydrogen (secondary N) is 1. The van der Waals surface area contributed by atoms with Crippen LogP contribution in [-0.2, 0) is 19.1 Å². The van der Waals surface area contributed by atoms with Crippen LogP contribution >= 0.6 is 11.8 Å². The summed E-state index contributed by atoms with van der Waals surface area (Å²) in [5.41, 5.74) is 2.68. The summed E-state index contributed by atoms with van der Waals surface area (Å²) in [6.07, 6.45) is 0.754. The fourth-order valence-electron chi connectivity index (χ4n) is 6.31. The molecule has 2 amide bonds. The van der Waals surface area contributed by atoms with Gasteiger partial charge in [-0.15, -0.1) is 11.8 Å². The van der Waals surface area contributed by atoms with Gasteiger partial charge in [0.1, 0.15) is 6.04 Å². The van der Waals surface area contributed by atoms with E-state index in [0.29, 0.717) is 0 Å². The molecule has 0 aromatic heterocycles. The van der Waals surface area contributed by atoms with Gasteiger partial charge in [-0.1, -0.05) is 32.9 Å². The number of hydrogen-bond donors (Lipinski definition) is 2. The molecular weight excluding hydrogens is 452 g/mol. The van der Waals surface area contributed by atoms with Crippen LogP contribution in [0, 0.1) is 37.5 Å². The van der Waals surface area contributed by atoms with Crippen LogP contribution in [0.15, 0.2) is 18.2 Å². The summed E-state index contributed by atoms with van der Waals surface area (Å²) >= 11 is 1.62. The summed E-state index contributed by atoms with van der Waals surface area (Å²) in [5.74, 6) is -2.02. The van der Waals surface area contributed by atoms with Gasteiger partial charge in [-0.25, -0.2) is 0 Å². The number of aliphatic hydroxyl groups excluding tert-OH is 1. The number of rotatable bonds is 7. The number of fused-ring (bicyclic) bond motifs is 1.